The van der Waals surface area contributed by atoms with Crippen molar-refractivity contribution in [3.63, 3.8) is 0 Å². The lowest BCUT2D eigenvalue weighted by atomic mass is 10.1. The minimum absolute atomic E-state index is 0.101. The largest absolute Gasteiger partial charge is 0.497 e. The summed E-state index contributed by atoms with van der Waals surface area (Å²) in [5, 5.41) is 1.16. The van der Waals surface area contributed by atoms with Crippen molar-refractivity contribution in [3.8, 4) is 5.75 Å². The van der Waals surface area contributed by atoms with Crippen molar-refractivity contribution < 1.29 is 18.3 Å². The third-order valence-electron chi connectivity index (χ3n) is 4.56. The van der Waals surface area contributed by atoms with Crippen LogP contribution in [0.1, 0.15) is 18.4 Å². The predicted molar refractivity (Wildman–Crippen MR) is 85.1 cm³/mol. The summed E-state index contributed by atoms with van der Waals surface area (Å²) in [5.41, 5.74) is 2.30. The molecule has 0 bridgehead atoms. The number of nitrogens with zero attached hydrogens (tertiary/aromatic N) is 1. The van der Waals surface area contributed by atoms with Gasteiger partial charge in [-0.1, -0.05) is 0 Å². The van der Waals surface area contributed by atoms with Crippen LogP contribution in [0.3, 0.4) is 0 Å². The topological polar surface area (TPSA) is 37.5 Å². The molecule has 0 radical (unpaired) electrons. The summed E-state index contributed by atoms with van der Waals surface area (Å²) in [6.45, 7) is -0.775. The number of likely N-dealkylation sites (tertiary alicyclic amines) is 1. The first-order valence-corrected chi connectivity index (χ1v) is 7.95. The summed E-state index contributed by atoms with van der Waals surface area (Å²) >= 11 is 0. The zero-order valence-electron chi connectivity index (χ0n) is 13.2. The van der Waals surface area contributed by atoms with Crippen LogP contribution >= 0.6 is 0 Å². The van der Waals surface area contributed by atoms with E-state index in [2.05, 4.69) is 14.6 Å². The Bertz CT molecular complexity index is 645. The molecule has 2 heterocycles. The summed E-state index contributed by atoms with van der Waals surface area (Å²) in [7, 11) is 1.66. The monoisotopic (exact) mass is 324 g/mol. The smallest absolute Gasteiger partial charge is 0.345 e. The van der Waals surface area contributed by atoms with Gasteiger partial charge in [0.05, 0.1) is 13.7 Å². The Morgan fingerprint density at radius 2 is 2.26 bits per heavy atom. The van der Waals surface area contributed by atoms with E-state index >= 15 is 0 Å². The lowest BCUT2D eigenvalue weighted by Gasteiger charge is -2.24. The number of aromatic nitrogens is 1. The van der Waals surface area contributed by atoms with Crippen LogP contribution in [-0.2, 0) is 11.2 Å². The molecule has 0 spiro atoms. The number of alkyl halides is 2. The fourth-order valence-corrected chi connectivity index (χ4v) is 3.32. The molecule has 126 valence electrons. The Morgan fingerprint density at radius 1 is 1.39 bits per heavy atom. The number of halogens is 2. The highest BCUT2D eigenvalue weighted by molar-refractivity contribution is 5.84. The first-order chi connectivity index (χ1) is 11.2. The van der Waals surface area contributed by atoms with Crippen LogP contribution in [0.2, 0.25) is 0 Å². The number of H-pyrrole nitrogens is 1. The van der Waals surface area contributed by atoms with Crippen LogP contribution in [0.25, 0.3) is 10.9 Å². The summed E-state index contributed by atoms with van der Waals surface area (Å²) in [5.74, 6) is 0.836. The third kappa shape index (κ3) is 3.82. The molecule has 0 unspecified atom stereocenters. The molecular formula is C17H22F2N2O2. The number of rotatable bonds is 7. The van der Waals surface area contributed by atoms with E-state index in [1.54, 1.807) is 7.11 Å². The standard InChI is InChI=1S/C17H22F2N2O2/c1-22-14-4-5-16-15(9-14)12(10-20-16)6-8-21-7-2-3-13(21)11-23-17(18)19/h4-5,9-10,13,17,20H,2-3,6-8,11H2,1H3/t13-/m0/s1. The van der Waals surface area contributed by atoms with Crippen molar-refractivity contribution in [1.29, 1.82) is 0 Å². The molecule has 6 heteroatoms. The maximum atomic E-state index is 12.2. The number of ether oxygens (including phenoxy) is 2. The number of hydrogen-bond acceptors (Lipinski definition) is 3. The van der Waals surface area contributed by atoms with Gasteiger partial charge in [-0.2, -0.15) is 8.78 Å². The maximum Gasteiger partial charge on any atom is 0.345 e. The van der Waals surface area contributed by atoms with Crippen LogP contribution in [0.5, 0.6) is 5.75 Å². The highest BCUT2D eigenvalue weighted by atomic mass is 19.3. The van der Waals surface area contributed by atoms with Crippen molar-refractivity contribution in [2.75, 3.05) is 26.8 Å². The molecule has 0 amide bonds. The van der Waals surface area contributed by atoms with Gasteiger partial charge in [-0.25, -0.2) is 0 Å². The minimum Gasteiger partial charge on any atom is -0.497 e. The third-order valence-corrected chi connectivity index (χ3v) is 4.56. The van der Waals surface area contributed by atoms with Crippen LogP contribution in [0, 0.1) is 0 Å². The van der Waals surface area contributed by atoms with E-state index in [0.717, 1.165) is 49.0 Å². The van der Waals surface area contributed by atoms with Crippen molar-refractivity contribution in [2.24, 2.45) is 0 Å². The van der Waals surface area contributed by atoms with Crippen LogP contribution in [0.15, 0.2) is 24.4 Å². The van der Waals surface area contributed by atoms with Crippen LogP contribution in [0.4, 0.5) is 8.78 Å². The Kier molecular flexibility index (Phi) is 5.13. The number of benzene rings is 1. The minimum atomic E-state index is -2.68. The summed E-state index contributed by atoms with van der Waals surface area (Å²) in [6.07, 6.45) is 4.86. The quantitative estimate of drug-likeness (QED) is 0.848. The zero-order valence-corrected chi connectivity index (χ0v) is 13.2. The molecule has 1 saturated heterocycles. The van der Waals surface area contributed by atoms with E-state index in [1.807, 2.05) is 24.4 Å². The molecular weight excluding hydrogens is 302 g/mol. The van der Waals surface area contributed by atoms with Gasteiger partial charge in [-0.05, 0) is 49.6 Å². The number of fused-ring (bicyclic) bond motifs is 1. The molecule has 4 nitrogen and oxygen atoms in total. The van der Waals surface area contributed by atoms with Gasteiger partial charge in [0.25, 0.3) is 0 Å². The molecule has 1 aromatic heterocycles. The van der Waals surface area contributed by atoms with E-state index in [-0.39, 0.29) is 12.6 Å². The van der Waals surface area contributed by atoms with Gasteiger partial charge in [0.15, 0.2) is 0 Å². The number of hydrogen-bond donors (Lipinski definition) is 1. The summed E-state index contributed by atoms with van der Waals surface area (Å²) in [4.78, 5) is 5.52. The summed E-state index contributed by atoms with van der Waals surface area (Å²) in [6, 6.07) is 6.07. The molecule has 2 aromatic rings. The average Bonchev–Trinajstić information content (AvgIpc) is 3.16. The first-order valence-electron chi connectivity index (χ1n) is 7.95. The first kappa shape index (κ1) is 16.2. The molecule has 1 aliphatic heterocycles. The highest BCUT2D eigenvalue weighted by Crippen LogP contribution is 2.25. The molecule has 23 heavy (non-hydrogen) atoms. The van der Waals surface area contributed by atoms with Gasteiger partial charge in [0.1, 0.15) is 5.75 Å². The lowest BCUT2D eigenvalue weighted by molar-refractivity contribution is -0.138. The lowest BCUT2D eigenvalue weighted by Crippen LogP contribution is -2.35. The van der Waals surface area contributed by atoms with E-state index in [4.69, 9.17) is 4.74 Å². The van der Waals surface area contributed by atoms with E-state index in [9.17, 15) is 8.78 Å². The molecule has 1 aromatic carbocycles. The van der Waals surface area contributed by atoms with Gasteiger partial charge in [-0.15, -0.1) is 0 Å². The second-order valence-corrected chi connectivity index (χ2v) is 5.90. The molecule has 1 atom stereocenters. The van der Waals surface area contributed by atoms with Gasteiger partial charge in [-0.3, -0.25) is 4.90 Å². The second kappa shape index (κ2) is 7.27. The average molecular weight is 324 g/mol. The fourth-order valence-electron chi connectivity index (χ4n) is 3.32. The van der Waals surface area contributed by atoms with Crippen molar-refractivity contribution in [2.45, 2.75) is 31.9 Å². The van der Waals surface area contributed by atoms with Crippen molar-refractivity contribution in [3.05, 3.63) is 30.0 Å². The SMILES string of the molecule is COc1ccc2[nH]cc(CCN3CCC[C@H]3COC(F)F)c2c1. The molecule has 1 N–H and O–H groups in total. The molecule has 1 fully saturated rings. The molecule has 1 aliphatic rings. The highest BCUT2D eigenvalue weighted by Gasteiger charge is 2.25. The normalized spacial score (nSPS) is 19.0. The van der Waals surface area contributed by atoms with E-state index in [0.29, 0.717) is 0 Å². The van der Waals surface area contributed by atoms with E-state index in [1.165, 1.54) is 5.56 Å². The molecule has 0 aliphatic carbocycles. The van der Waals surface area contributed by atoms with Gasteiger partial charge >= 0.3 is 6.61 Å². The summed E-state index contributed by atoms with van der Waals surface area (Å²) < 4.78 is 34.2. The molecule has 0 saturated carbocycles. The van der Waals surface area contributed by atoms with E-state index < -0.39 is 6.61 Å². The number of nitrogens with one attached hydrogen (secondary N) is 1. The Hall–Kier alpha value is -1.66. The van der Waals surface area contributed by atoms with Gasteiger partial charge in [0.2, 0.25) is 0 Å². The Morgan fingerprint density at radius 3 is 3.04 bits per heavy atom. The van der Waals surface area contributed by atoms with Gasteiger partial charge < -0.3 is 14.5 Å². The van der Waals surface area contributed by atoms with Crippen LogP contribution < -0.4 is 4.74 Å². The second-order valence-electron chi connectivity index (χ2n) is 5.90. The molecule has 3 rings (SSSR count). The van der Waals surface area contributed by atoms with Crippen molar-refractivity contribution >= 4 is 10.9 Å². The van der Waals surface area contributed by atoms with Crippen molar-refractivity contribution in [1.82, 2.24) is 9.88 Å². The van der Waals surface area contributed by atoms with Crippen LogP contribution in [-0.4, -0.2) is 49.3 Å². The zero-order chi connectivity index (χ0) is 16.2. The maximum absolute atomic E-state index is 12.2. The fraction of sp³-hybridized carbons (Fsp3) is 0.529. The predicted octanol–water partition coefficient (Wildman–Crippen LogP) is 3.42. The number of methoxy groups -OCH3 is 1. The Labute approximate surface area is 134 Å². The number of aromatic amines is 1. The van der Waals surface area contributed by atoms with Gasteiger partial charge in [0, 0.05) is 29.7 Å². The Balaban J connectivity index is 1.63.